The fourth-order valence-corrected chi connectivity index (χ4v) is 0.984. The van der Waals surface area contributed by atoms with Gasteiger partial charge in [0.2, 0.25) is 0 Å². The van der Waals surface area contributed by atoms with Gasteiger partial charge in [-0.2, -0.15) is 48.3 Å². The molecule has 1 radical (unpaired) electrons. The molecule has 0 N–H and O–H groups in total. The Hall–Kier alpha value is -0.770. The minimum atomic E-state index is -7.31. The molecule has 0 nitrogen and oxygen atoms in total. The molecule has 0 aromatic rings. The minimum Gasteiger partial charge on any atom is -0.200 e. The van der Waals surface area contributed by atoms with Crippen molar-refractivity contribution in [1.29, 1.82) is 0 Å². The summed E-state index contributed by atoms with van der Waals surface area (Å²) in [5.41, 5.74) is 0. The van der Waals surface area contributed by atoms with Crippen molar-refractivity contribution in [2.24, 2.45) is 0 Å². The molecular formula is C8H6F11. The van der Waals surface area contributed by atoms with Gasteiger partial charge in [0, 0.05) is 6.42 Å². The second-order valence-electron chi connectivity index (χ2n) is 3.53. The molecule has 0 aromatic heterocycles. The fraction of sp³-hybridized carbons (Fsp3) is 0.875. The molecular weight excluding hydrogens is 305 g/mol. The summed E-state index contributed by atoms with van der Waals surface area (Å²) in [4.78, 5) is 0. The Labute approximate surface area is 99.1 Å². The Kier molecular flexibility index (Phi) is 4.46. The number of rotatable bonds is 5. The molecule has 0 aliphatic rings. The first-order valence-electron chi connectivity index (χ1n) is 4.43. The van der Waals surface area contributed by atoms with E-state index in [9.17, 15) is 48.3 Å². The van der Waals surface area contributed by atoms with Crippen LogP contribution in [0.5, 0.6) is 0 Å². The quantitative estimate of drug-likeness (QED) is 0.645. The van der Waals surface area contributed by atoms with Crippen molar-refractivity contribution in [3.63, 3.8) is 0 Å². The molecule has 115 valence electrons. The van der Waals surface area contributed by atoms with E-state index in [0.717, 1.165) is 0 Å². The molecule has 0 spiro atoms. The normalized spacial score (nSPS) is 15.8. The Balaban J connectivity index is 5.77. The van der Waals surface area contributed by atoms with Crippen LogP contribution in [0.25, 0.3) is 0 Å². The highest BCUT2D eigenvalue weighted by atomic mass is 19.4. The topological polar surface area (TPSA) is 0 Å². The average Bonchev–Trinajstić information content (AvgIpc) is 2.14. The first-order valence-corrected chi connectivity index (χ1v) is 4.43. The summed E-state index contributed by atoms with van der Waals surface area (Å²) < 4.78 is 135. The number of halogens is 11. The van der Waals surface area contributed by atoms with Gasteiger partial charge in [-0.3, -0.25) is 0 Å². The third-order valence-corrected chi connectivity index (χ3v) is 2.09. The van der Waals surface area contributed by atoms with Gasteiger partial charge in [-0.1, -0.05) is 6.92 Å². The lowest BCUT2D eigenvalue weighted by atomic mass is 9.95. The van der Waals surface area contributed by atoms with Crippen molar-refractivity contribution >= 4 is 0 Å². The summed E-state index contributed by atoms with van der Waals surface area (Å²) in [7, 11) is 0. The van der Waals surface area contributed by atoms with E-state index in [1.54, 1.807) is 0 Å². The van der Waals surface area contributed by atoms with E-state index in [0.29, 0.717) is 0 Å². The number of alkyl halides is 11. The largest absolute Gasteiger partial charge is 0.460 e. The smallest absolute Gasteiger partial charge is 0.200 e. The fourth-order valence-electron chi connectivity index (χ4n) is 0.984. The second kappa shape index (κ2) is 4.65. The molecule has 0 saturated heterocycles. The molecule has 0 amide bonds. The molecule has 0 rings (SSSR count). The molecule has 0 atom stereocenters. The summed E-state index contributed by atoms with van der Waals surface area (Å²) in [6.07, 6.45) is -10.3. The van der Waals surface area contributed by atoms with E-state index in [1.165, 1.54) is 0 Å². The van der Waals surface area contributed by atoms with Gasteiger partial charge in [-0.15, -0.1) is 0 Å². The highest BCUT2D eigenvalue weighted by molar-refractivity contribution is 5.06. The van der Waals surface area contributed by atoms with Gasteiger partial charge in [0.1, 0.15) is 0 Å². The van der Waals surface area contributed by atoms with Gasteiger partial charge >= 0.3 is 29.9 Å². The molecule has 0 fully saturated rings. The Morgan fingerprint density at radius 2 is 0.947 bits per heavy atom. The Bertz CT molecular complexity index is 313. The van der Waals surface area contributed by atoms with E-state index >= 15 is 0 Å². The molecule has 0 unspecified atom stereocenters. The third kappa shape index (κ3) is 2.60. The zero-order valence-electron chi connectivity index (χ0n) is 8.78. The molecule has 0 saturated carbocycles. The maximum absolute atomic E-state index is 12.7. The van der Waals surface area contributed by atoms with Crippen molar-refractivity contribution in [1.82, 2.24) is 0 Å². The summed E-state index contributed by atoms with van der Waals surface area (Å²) in [5, 5.41) is 0. The van der Waals surface area contributed by atoms with Gasteiger partial charge in [-0.25, -0.2) is 0 Å². The Morgan fingerprint density at radius 1 is 0.579 bits per heavy atom. The van der Waals surface area contributed by atoms with Gasteiger partial charge in [0.15, 0.2) is 0 Å². The van der Waals surface area contributed by atoms with Crippen LogP contribution in [0.3, 0.4) is 0 Å². The second-order valence-corrected chi connectivity index (χ2v) is 3.53. The van der Waals surface area contributed by atoms with E-state index in [2.05, 4.69) is 6.92 Å². The molecule has 0 aromatic carbocycles. The van der Waals surface area contributed by atoms with E-state index in [-0.39, 0.29) is 0 Å². The maximum atomic E-state index is 12.7. The molecule has 0 aliphatic heterocycles. The standard InChI is InChI=1S/C8H6F11/c1-2-3-4(9,10)5(11,12)6(13,14)7(15,16)8(17,18)19/h1-3H2. The van der Waals surface area contributed by atoms with E-state index in [4.69, 9.17) is 0 Å². The van der Waals surface area contributed by atoms with Gasteiger partial charge in [0.05, 0.1) is 0 Å². The summed E-state index contributed by atoms with van der Waals surface area (Å²) in [6, 6.07) is 0. The lowest BCUT2D eigenvalue weighted by Crippen LogP contribution is -2.66. The van der Waals surface area contributed by atoms with Crippen molar-refractivity contribution in [3.05, 3.63) is 6.92 Å². The number of hydrogen-bond acceptors (Lipinski definition) is 0. The minimum absolute atomic E-state index is 1.07. The molecule has 19 heavy (non-hydrogen) atoms. The van der Waals surface area contributed by atoms with Crippen LogP contribution in [0, 0.1) is 6.92 Å². The average molecular weight is 311 g/mol. The van der Waals surface area contributed by atoms with Crippen LogP contribution >= 0.6 is 0 Å². The Morgan fingerprint density at radius 3 is 1.21 bits per heavy atom. The summed E-state index contributed by atoms with van der Waals surface area (Å²) in [6.45, 7) is 2.61. The van der Waals surface area contributed by atoms with Crippen LogP contribution in [0.4, 0.5) is 48.3 Å². The van der Waals surface area contributed by atoms with Crippen molar-refractivity contribution in [2.45, 2.75) is 42.7 Å². The van der Waals surface area contributed by atoms with Crippen LogP contribution in [0.2, 0.25) is 0 Å². The van der Waals surface area contributed by atoms with Crippen LogP contribution in [0.15, 0.2) is 0 Å². The first kappa shape index (κ1) is 18.2. The predicted octanol–water partition coefficient (Wildman–Crippen LogP) is 4.70. The predicted molar refractivity (Wildman–Crippen MR) is 40.4 cm³/mol. The first-order chi connectivity index (χ1) is 8.06. The van der Waals surface area contributed by atoms with Crippen molar-refractivity contribution in [2.75, 3.05) is 0 Å². The SMILES string of the molecule is [CH2]CCC(F)(F)C(F)(F)C(F)(F)C(F)(F)C(F)(F)F. The molecule has 0 bridgehead atoms. The molecule has 0 heterocycles. The monoisotopic (exact) mass is 311 g/mol. The highest BCUT2D eigenvalue weighted by Crippen LogP contribution is 2.57. The molecule has 0 aliphatic carbocycles. The van der Waals surface area contributed by atoms with Crippen LogP contribution in [-0.4, -0.2) is 29.9 Å². The van der Waals surface area contributed by atoms with Crippen molar-refractivity contribution in [3.8, 4) is 0 Å². The van der Waals surface area contributed by atoms with Crippen LogP contribution in [-0.2, 0) is 0 Å². The van der Waals surface area contributed by atoms with Gasteiger partial charge in [-0.05, 0) is 6.42 Å². The van der Waals surface area contributed by atoms with Crippen LogP contribution in [0.1, 0.15) is 12.8 Å². The van der Waals surface area contributed by atoms with E-state index in [1.807, 2.05) is 0 Å². The van der Waals surface area contributed by atoms with Crippen LogP contribution < -0.4 is 0 Å². The highest BCUT2D eigenvalue weighted by Gasteiger charge is 2.86. The third-order valence-electron chi connectivity index (χ3n) is 2.09. The van der Waals surface area contributed by atoms with E-state index < -0.39 is 42.7 Å². The van der Waals surface area contributed by atoms with Gasteiger partial charge < -0.3 is 0 Å². The number of hydrogen-bond donors (Lipinski definition) is 0. The summed E-state index contributed by atoms with van der Waals surface area (Å²) in [5.74, 6) is -27.3. The lowest BCUT2D eigenvalue weighted by molar-refractivity contribution is -0.422. The summed E-state index contributed by atoms with van der Waals surface area (Å²) >= 11 is 0. The zero-order chi connectivity index (χ0) is 15.9. The van der Waals surface area contributed by atoms with Gasteiger partial charge in [0.25, 0.3) is 0 Å². The van der Waals surface area contributed by atoms with Crippen molar-refractivity contribution < 1.29 is 48.3 Å². The lowest BCUT2D eigenvalue weighted by Gasteiger charge is -2.37. The maximum Gasteiger partial charge on any atom is 0.460 e. The zero-order valence-corrected chi connectivity index (χ0v) is 8.78. The molecule has 11 heteroatoms.